The van der Waals surface area contributed by atoms with Crippen LogP contribution in [-0.2, 0) is 9.59 Å². The van der Waals surface area contributed by atoms with Crippen LogP contribution in [0.25, 0.3) is 0 Å². The summed E-state index contributed by atoms with van der Waals surface area (Å²) in [5.74, 6) is -1.86. The zero-order valence-corrected chi connectivity index (χ0v) is 7.72. The highest BCUT2D eigenvalue weighted by Crippen LogP contribution is 2.21. The van der Waals surface area contributed by atoms with Gasteiger partial charge < -0.3 is 15.1 Å². The molecule has 0 aromatic heterocycles. The maximum Gasteiger partial charge on any atom is 0.323 e. The molecule has 2 N–H and O–H groups in total. The van der Waals surface area contributed by atoms with Gasteiger partial charge in [0.05, 0.1) is 12.0 Å². The van der Waals surface area contributed by atoms with E-state index in [-0.39, 0.29) is 12.5 Å². The summed E-state index contributed by atoms with van der Waals surface area (Å²) >= 11 is 0. The Morgan fingerprint density at radius 1 is 1.79 bits per heavy atom. The molecule has 5 nitrogen and oxygen atoms in total. The topological polar surface area (TPSA) is 77.8 Å². The van der Waals surface area contributed by atoms with Crippen molar-refractivity contribution >= 4 is 11.9 Å². The van der Waals surface area contributed by atoms with Crippen LogP contribution in [0, 0.1) is 5.92 Å². The number of aliphatic hydroxyl groups excluding tert-OH is 1. The molecule has 0 bridgehead atoms. The molecule has 78 valence electrons. The van der Waals surface area contributed by atoms with Crippen molar-refractivity contribution in [2.45, 2.75) is 12.5 Å². The molecule has 0 aromatic rings. The zero-order chi connectivity index (χ0) is 10.7. The summed E-state index contributed by atoms with van der Waals surface area (Å²) in [6.07, 6.45) is 0.910. The first-order valence-electron chi connectivity index (χ1n) is 4.37. The van der Waals surface area contributed by atoms with E-state index >= 15 is 0 Å². The molecule has 0 aliphatic carbocycles. The molecule has 1 aliphatic rings. The van der Waals surface area contributed by atoms with Crippen molar-refractivity contribution in [1.29, 1.82) is 0 Å². The second-order valence-corrected chi connectivity index (χ2v) is 3.27. The molecule has 1 amide bonds. The first-order valence-corrected chi connectivity index (χ1v) is 4.37. The molecule has 1 saturated heterocycles. The van der Waals surface area contributed by atoms with Gasteiger partial charge in [0, 0.05) is 6.54 Å². The SMILES string of the molecule is C=CC(O)C1CCN(CC(=O)O)C1=O. The number of hydrogen-bond acceptors (Lipinski definition) is 3. The molecule has 14 heavy (non-hydrogen) atoms. The lowest BCUT2D eigenvalue weighted by Gasteiger charge is -2.15. The van der Waals surface area contributed by atoms with Crippen molar-refractivity contribution in [3.05, 3.63) is 12.7 Å². The maximum atomic E-state index is 11.5. The molecule has 0 radical (unpaired) electrons. The van der Waals surface area contributed by atoms with Crippen molar-refractivity contribution in [3.8, 4) is 0 Å². The average Bonchev–Trinajstić information content (AvgIpc) is 2.46. The van der Waals surface area contributed by atoms with Crippen molar-refractivity contribution in [1.82, 2.24) is 4.90 Å². The number of carbonyl (C=O) groups excluding carboxylic acids is 1. The Hall–Kier alpha value is -1.36. The third-order valence-corrected chi connectivity index (χ3v) is 2.32. The summed E-state index contributed by atoms with van der Waals surface area (Å²) in [6.45, 7) is 3.49. The number of carboxylic acids is 1. The first kappa shape index (κ1) is 10.7. The number of amides is 1. The van der Waals surface area contributed by atoms with Gasteiger partial charge in [0.2, 0.25) is 5.91 Å². The molecule has 0 saturated carbocycles. The van der Waals surface area contributed by atoms with E-state index in [2.05, 4.69) is 6.58 Å². The third-order valence-electron chi connectivity index (χ3n) is 2.32. The largest absolute Gasteiger partial charge is 0.480 e. The van der Waals surface area contributed by atoms with E-state index in [1.807, 2.05) is 0 Å². The molecule has 0 spiro atoms. The number of aliphatic hydroxyl groups is 1. The second-order valence-electron chi connectivity index (χ2n) is 3.27. The van der Waals surface area contributed by atoms with Crippen LogP contribution in [0.1, 0.15) is 6.42 Å². The molecule has 1 rings (SSSR count). The maximum absolute atomic E-state index is 11.5. The van der Waals surface area contributed by atoms with Crippen LogP contribution >= 0.6 is 0 Å². The van der Waals surface area contributed by atoms with Crippen LogP contribution in [0.4, 0.5) is 0 Å². The van der Waals surface area contributed by atoms with Gasteiger partial charge in [-0.2, -0.15) is 0 Å². The second kappa shape index (κ2) is 4.23. The van der Waals surface area contributed by atoms with Gasteiger partial charge in [-0.05, 0) is 6.42 Å². The smallest absolute Gasteiger partial charge is 0.323 e. The minimum atomic E-state index is -1.04. The Morgan fingerprint density at radius 3 is 2.93 bits per heavy atom. The third kappa shape index (κ3) is 2.11. The van der Waals surface area contributed by atoms with Crippen LogP contribution < -0.4 is 0 Å². The summed E-state index contributed by atoms with van der Waals surface area (Å²) in [7, 11) is 0. The Morgan fingerprint density at radius 2 is 2.43 bits per heavy atom. The van der Waals surface area contributed by atoms with E-state index in [0.717, 1.165) is 0 Å². The van der Waals surface area contributed by atoms with Crippen molar-refractivity contribution in [2.75, 3.05) is 13.1 Å². The highest BCUT2D eigenvalue weighted by Gasteiger charge is 2.35. The number of aliphatic carboxylic acids is 1. The van der Waals surface area contributed by atoms with Crippen LogP contribution in [0.2, 0.25) is 0 Å². The van der Waals surface area contributed by atoms with Gasteiger partial charge in [-0.15, -0.1) is 6.58 Å². The van der Waals surface area contributed by atoms with Crippen LogP contribution in [-0.4, -0.2) is 46.2 Å². The first-order chi connectivity index (χ1) is 6.56. The van der Waals surface area contributed by atoms with E-state index in [4.69, 9.17) is 5.11 Å². The highest BCUT2D eigenvalue weighted by atomic mass is 16.4. The number of hydrogen-bond donors (Lipinski definition) is 2. The number of likely N-dealkylation sites (tertiary alicyclic amines) is 1. The van der Waals surface area contributed by atoms with Gasteiger partial charge in [-0.25, -0.2) is 0 Å². The summed E-state index contributed by atoms with van der Waals surface area (Å²) in [4.78, 5) is 23.1. The Labute approximate surface area is 81.6 Å². The molecular formula is C9H13NO4. The lowest BCUT2D eigenvalue weighted by atomic mass is 10.0. The van der Waals surface area contributed by atoms with Gasteiger partial charge in [0.1, 0.15) is 6.54 Å². The van der Waals surface area contributed by atoms with Gasteiger partial charge in [0.25, 0.3) is 0 Å². The molecule has 5 heteroatoms. The molecular weight excluding hydrogens is 186 g/mol. The Bertz CT molecular complexity index is 264. The standard InChI is InChI=1S/C9H13NO4/c1-2-7(11)6-3-4-10(9(6)14)5-8(12)13/h2,6-7,11H,1,3-5H2,(H,12,13). The number of rotatable bonds is 4. The summed E-state index contributed by atoms with van der Waals surface area (Å²) in [5.41, 5.74) is 0. The number of carboxylic acid groups (broad SMARTS) is 1. The molecule has 2 unspecified atom stereocenters. The van der Waals surface area contributed by atoms with E-state index < -0.39 is 18.0 Å². The predicted octanol–water partition coefficient (Wildman–Crippen LogP) is -0.534. The van der Waals surface area contributed by atoms with Gasteiger partial charge >= 0.3 is 5.97 Å². The monoisotopic (exact) mass is 199 g/mol. The fraction of sp³-hybridized carbons (Fsp3) is 0.556. The lowest BCUT2D eigenvalue weighted by molar-refractivity contribution is -0.144. The lowest BCUT2D eigenvalue weighted by Crippen LogP contribution is -2.35. The fourth-order valence-corrected chi connectivity index (χ4v) is 1.56. The van der Waals surface area contributed by atoms with Crippen molar-refractivity contribution in [3.63, 3.8) is 0 Å². The van der Waals surface area contributed by atoms with Gasteiger partial charge in [-0.1, -0.05) is 6.08 Å². The van der Waals surface area contributed by atoms with Crippen molar-refractivity contribution in [2.24, 2.45) is 5.92 Å². The van der Waals surface area contributed by atoms with Gasteiger partial charge in [-0.3, -0.25) is 9.59 Å². The molecule has 1 fully saturated rings. The normalized spacial score (nSPS) is 23.6. The van der Waals surface area contributed by atoms with Crippen molar-refractivity contribution < 1.29 is 19.8 Å². The molecule has 1 heterocycles. The zero-order valence-electron chi connectivity index (χ0n) is 7.72. The molecule has 0 aromatic carbocycles. The quantitative estimate of drug-likeness (QED) is 0.596. The number of nitrogens with zero attached hydrogens (tertiary/aromatic N) is 1. The molecule has 1 aliphatic heterocycles. The Balaban J connectivity index is 2.59. The highest BCUT2D eigenvalue weighted by molar-refractivity contribution is 5.85. The predicted molar refractivity (Wildman–Crippen MR) is 48.5 cm³/mol. The minimum absolute atomic E-state index is 0.292. The van der Waals surface area contributed by atoms with E-state index in [1.54, 1.807) is 0 Å². The average molecular weight is 199 g/mol. The van der Waals surface area contributed by atoms with E-state index in [0.29, 0.717) is 13.0 Å². The van der Waals surface area contributed by atoms with Gasteiger partial charge in [0.15, 0.2) is 0 Å². The van der Waals surface area contributed by atoms with E-state index in [1.165, 1.54) is 11.0 Å². The summed E-state index contributed by atoms with van der Waals surface area (Å²) in [5, 5.41) is 17.9. The summed E-state index contributed by atoms with van der Waals surface area (Å²) < 4.78 is 0. The van der Waals surface area contributed by atoms with Crippen LogP contribution in [0.15, 0.2) is 12.7 Å². The van der Waals surface area contributed by atoms with Crippen LogP contribution in [0.5, 0.6) is 0 Å². The van der Waals surface area contributed by atoms with E-state index in [9.17, 15) is 14.7 Å². The number of carbonyl (C=O) groups is 2. The minimum Gasteiger partial charge on any atom is -0.480 e. The summed E-state index contributed by atoms with van der Waals surface area (Å²) in [6, 6.07) is 0. The van der Waals surface area contributed by atoms with Crippen LogP contribution in [0.3, 0.4) is 0 Å². The Kier molecular flexibility index (Phi) is 3.24. The fourth-order valence-electron chi connectivity index (χ4n) is 1.56. The molecule has 2 atom stereocenters.